The Bertz CT molecular complexity index is 274. The molecule has 1 aromatic carbocycles. The largest absolute Gasteiger partial charge is 0.396 e. The fourth-order valence-corrected chi connectivity index (χ4v) is 1.64. The molecule has 0 fully saturated rings. The third kappa shape index (κ3) is 7.10. The van der Waals surface area contributed by atoms with Crippen LogP contribution in [0.5, 0.6) is 0 Å². The van der Waals surface area contributed by atoms with Crippen LogP contribution in [0.1, 0.15) is 31.2 Å². The smallest absolute Gasteiger partial charge is 0.0773 e. The molecular formula is C14H22O3. The minimum atomic E-state index is -0.391. The van der Waals surface area contributed by atoms with Gasteiger partial charge in [-0.25, -0.2) is 0 Å². The molecule has 2 N–H and O–H groups in total. The van der Waals surface area contributed by atoms with Crippen molar-refractivity contribution >= 4 is 0 Å². The topological polar surface area (TPSA) is 49.7 Å². The highest BCUT2D eigenvalue weighted by atomic mass is 16.5. The van der Waals surface area contributed by atoms with E-state index in [0.29, 0.717) is 13.2 Å². The number of rotatable bonds is 9. The van der Waals surface area contributed by atoms with E-state index < -0.39 is 6.10 Å². The van der Waals surface area contributed by atoms with Crippen molar-refractivity contribution in [2.45, 2.75) is 38.4 Å². The Hall–Kier alpha value is -0.900. The van der Waals surface area contributed by atoms with Gasteiger partial charge in [0.15, 0.2) is 0 Å². The lowest BCUT2D eigenvalue weighted by Gasteiger charge is -2.11. The first kappa shape index (κ1) is 14.2. The zero-order valence-electron chi connectivity index (χ0n) is 10.2. The Morgan fingerprint density at radius 1 is 1.06 bits per heavy atom. The first-order chi connectivity index (χ1) is 8.33. The second-order valence-corrected chi connectivity index (χ2v) is 4.23. The molecule has 3 nitrogen and oxygen atoms in total. The van der Waals surface area contributed by atoms with E-state index in [0.717, 1.165) is 31.2 Å². The van der Waals surface area contributed by atoms with E-state index in [1.54, 1.807) is 0 Å². The summed E-state index contributed by atoms with van der Waals surface area (Å²) in [4.78, 5) is 0. The van der Waals surface area contributed by atoms with Gasteiger partial charge < -0.3 is 14.9 Å². The second-order valence-electron chi connectivity index (χ2n) is 4.23. The molecule has 0 saturated carbocycles. The van der Waals surface area contributed by atoms with Crippen LogP contribution in [-0.4, -0.2) is 29.5 Å². The Morgan fingerprint density at radius 2 is 1.82 bits per heavy atom. The summed E-state index contributed by atoms with van der Waals surface area (Å²) >= 11 is 0. The highest BCUT2D eigenvalue weighted by molar-refractivity contribution is 5.13. The van der Waals surface area contributed by atoms with Gasteiger partial charge in [0.2, 0.25) is 0 Å². The van der Waals surface area contributed by atoms with Crippen molar-refractivity contribution in [3.8, 4) is 0 Å². The molecular weight excluding hydrogens is 216 g/mol. The van der Waals surface area contributed by atoms with Gasteiger partial charge in [-0.1, -0.05) is 43.2 Å². The fraction of sp³-hybridized carbons (Fsp3) is 0.571. The third-order valence-electron chi connectivity index (χ3n) is 2.62. The van der Waals surface area contributed by atoms with E-state index in [2.05, 4.69) is 0 Å². The summed E-state index contributed by atoms with van der Waals surface area (Å²) < 4.78 is 5.44. The molecule has 0 aromatic heterocycles. The normalized spacial score (nSPS) is 12.6. The van der Waals surface area contributed by atoms with Crippen LogP contribution in [0, 0.1) is 0 Å². The molecule has 0 aliphatic carbocycles. The molecule has 1 rings (SSSR count). The number of hydrogen-bond acceptors (Lipinski definition) is 3. The number of unbranched alkanes of at least 4 members (excludes halogenated alkanes) is 2. The first-order valence-corrected chi connectivity index (χ1v) is 6.23. The van der Waals surface area contributed by atoms with Crippen molar-refractivity contribution in [2.24, 2.45) is 0 Å². The molecule has 3 heteroatoms. The molecule has 1 atom stereocenters. The van der Waals surface area contributed by atoms with Crippen LogP contribution < -0.4 is 0 Å². The van der Waals surface area contributed by atoms with Gasteiger partial charge in [0.25, 0.3) is 0 Å². The maximum absolute atomic E-state index is 9.64. The van der Waals surface area contributed by atoms with Gasteiger partial charge in [-0.15, -0.1) is 0 Å². The lowest BCUT2D eigenvalue weighted by Crippen LogP contribution is -2.15. The molecule has 0 bridgehead atoms. The summed E-state index contributed by atoms with van der Waals surface area (Å²) in [6.45, 7) is 1.17. The van der Waals surface area contributed by atoms with E-state index in [1.807, 2.05) is 30.3 Å². The average molecular weight is 238 g/mol. The van der Waals surface area contributed by atoms with E-state index in [-0.39, 0.29) is 6.61 Å². The van der Waals surface area contributed by atoms with Gasteiger partial charge >= 0.3 is 0 Å². The predicted octanol–water partition coefficient (Wildman–Crippen LogP) is 2.12. The maximum atomic E-state index is 9.64. The summed E-state index contributed by atoms with van der Waals surface area (Å²) in [5.41, 5.74) is 1.12. The van der Waals surface area contributed by atoms with Crippen molar-refractivity contribution in [3.63, 3.8) is 0 Å². The third-order valence-corrected chi connectivity index (χ3v) is 2.62. The number of aliphatic hydroxyl groups excluding tert-OH is 2. The van der Waals surface area contributed by atoms with Gasteiger partial charge in [0, 0.05) is 6.61 Å². The molecule has 0 aliphatic heterocycles. The maximum Gasteiger partial charge on any atom is 0.0773 e. The molecule has 1 aromatic rings. The predicted molar refractivity (Wildman–Crippen MR) is 67.7 cm³/mol. The van der Waals surface area contributed by atoms with E-state index in [9.17, 15) is 5.11 Å². The minimum absolute atomic E-state index is 0.237. The molecule has 96 valence electrons. The Labute approximate surface area is 103 Å². The molecule has 0 saturated heterocycles. The van der Waals surface area contributed by atoms with Crippen molar-refractivity contribution in [2.75, 3.05) is 13.2 Å². The molecule has 17 heavy (non-hydrogen) atoms. The lowest BCUT2D eigenvalue weighted by molar-refractivity contribution is 0.0232. The highest BCUT2D eigenvalue weighted by Crippen LogP contribution is 2.05. The number of hydrogen-bond donors (Lipinski definition) is 2. The molecule has 0 amide bonds. The Balaban J connectivity index is 2.02. The molecule has 0 unspecified atom stereocenters. The van der Waals surface area contributed by atoms with Crippen molar-refractivity contribution in [3.05, 3.63) is 35.9 Å². The zero-order chi connectivity index (χ0) is 12.3. The highest BCUT2D eigenvalue weighted by Gasteiger charge is 2.03. The number of aliphatic hydroxyl groups is 2. The zero-order valence-corrected chi connectivity index (χ0v) is 10.2. The quantitative estimate of drug-likeness (QED) is 0.648. The standard InChI is InChI=1S/C14H22O3/c15-10-6-2-5-9-14(16)12-17-11-13-7-3-1-4-8-13/h1,3-4,7-8,14-16H,2,5-6,9-12H2/t14-/m0/s1. The van der Waals surface area contributed by atoms with Crippen LogP contribution in [0.15, 0.2) is 30.3 Å². The van der Waals surface area contributed by atoms with Crippen LogP contribution in [0.4, 0.5) is 0 Å². The minimum Gasteiger partial charge on any atom is -0.396 e. The SMILES string of the molecule is OCCCCC[C@H](O)COCc1ccccc1. The van der Waals surface area contributed by atoms with E-state index >= 15 is 0 Å². The monoisotopic (exact) mass is 238 g/mol. The van der Waals surface area contributed by atoms with Crippen molar-refractivity contribution in [1.82, 2.24) is 0 Å². The van der Waals surface area contributed by atoms with Gasteiger partial charge in [-0.2, -0.15) is 0 Å². The molecule has 0 aliphatic rings. The molecule has 0 heterocycles. The van der Waals surface area contributed by atoms with E-state index in [1.165, 1.54) is 0 Å². The summed E-state index contributed by atoms with van der Waals surface area (Å²) in [5, 5.41) is 18.3. The van der Waals surface area contributed by atoms with Gasteiger partial charge in [0.1, 0.15) is 0 Å². The van der Waals surface area contributed by atoms with Crippen LogP contribution in [-0.2, 0) is 11.3 Å². The number of benzene rings is 1. The second kappa shape index (κ2) is 9.16. The number of ether oxygens (including phenoxy) is 1. The summed E-state index contributed by atoms with van der Waals surface area (Å²) in [6, 6.07) is 9.94. The summed E-state index contributed by atoms with van der Waals surface area (Å²) in [5.74, 6) is 0. The van der Waals surface area contributed by atoms with Crippen molar-refractivity contribution in [1.29, 1.82) is 0 Å². The molecule has 0 spiro atoms. The van der Waals surface area contributed by atoms with E-state index in [4.69, 9.17) is 9.84 Å². The first-order valence-electron chi connectivity index (χ1n) is 6.23. The van der Waals surface area contributed by atoms with Gasteiger partial charge in [-0.3, -0.25) is 0 Å². The fourth-order valence-electron chi connectivity index (χ4n) is 1.64. The van der Waals surface area contributed by atoms with Crippen molar-refractivity contribution < 1.29 is 14.9 Å². The van der Waals surface area contributed by atoms with Gasteiger partial charge in [0.05, 0.1) is 19.3 Å². The Morgan fingerprint density at radius 3 is 2.53 bits per heavy atom. The van der Waals surface area contributed by atoms with Crippen LogP contribution >= 0.6 is 0 Å². The summed E-state index contributed by atoms with van der Waals surface area (Å²) in [6.07, 6.45) is 3.08. The molecule has 0 radical (unpaired) electrons. The lowest BCUT2D eigenvalue weighted by atomic mass is 10.1. The van der Waals surface area contributed by atoms with Crippen LogP contribution in [0.2, 0.25) is 0 Å². The average Bonchev–Trinajstić information content (AvgIpc) is 2.36. The Kier molecular flexibility index (Phi) is 7.63. The van der Waals surface area contributed by atoms with Crippen LogP contribution in [0.3, 0.4) is 0 Å². The van der Waals surface area contributed by atoms with Gasteiger partial charge in [-0.05, 0) is 18.4 Å². The summed E-state index contributed by atoms with van der Waals surface area (Å²) in [7, 11) is 0. The van der Waals surface area contributed by atoms with Crippen LogP contribution in [0.25, 0.3) is 0 Å².